The lowest BCUT2D eigenvalue weighted by Gasteiger charge is -2.38. The van der Waals surface area contributed by atoms with Crippen LogP contribution < -0.4 is 0 Å². The van der Waals surface area contributed by atoms with Gasteiger partial charge < -0.3 is 19.3 Å². The van der Waals surface area contributed by atoms with Gasteiger partial charge in [-0.05, 0) is 19.3 Å². The molecule has 0 bridgehead atoms. The van der Waals surface area contributed by atoms with E-state index in [-0.39, 0.29) is 11.8 Å². The molecule has 1 N–H and O–H groups in total. The Kier molecular flexibility index (Phi) is 7.20. The van der Waals surface area contributed by atoms with E-state index >= 15 is 0 Å². The Balaban J connectivity index is 0.000000339. The molecule has 2 aliphatic heterocycles. The van der Waals surface area contributed by atoms with Gasteiger partial charge in [0.2, 0.25) is 0 Å². The lowest BCUT2D eigenvalue weighted by molar-refractivity contribution is -0.192. The Hall–Kier alpha value is -2.21. The molecule has 31 heavy (non-hydrogen) atoms. The van der Waals surface area contributed by atoms with E-state index in [9.17, 15) is 22.4 Å². The molecule has 174 valence electrons. The number of carboxylic acid groups (broad SMARTS) is 1. The largest absolute Gasteiger partial charge is 0.490 e. The number of carbonyl (C=O) groups is 2. The molecule has 1 saturated carbocycles. The Morgan fingerprint density at radius 3 is 2.42 bits per heavy atom. The summed E-state index contributed by atoms with van der Waals surface area (Å²) in [6.45, 7) is 6.13. The average Bonchev–Trinajstić information content (AvgIpc) is 3.04. The van der Waals surface area contributed by atoms with Crippen LogP contribution in [0.2, 0.25) is 0 Å². The monoisotopic (exact) mass is 450 g/mol. The van der Waals surface area contributed by atoms with Crippen molar-refractivity contribution in [2.75, 3.05) is 39.4 Å². The third kappa shape index (κ3) is 5.94. The van der Waals surface area contributed by atoms with Gasteiger partial charge in [0, 0.05) is 51.0 Å². The predicted molar refractivity (Wildman–Crippen MR) is 99.8 cm³/mol. The zero-order chi connectivity index (χ0) is 22.6. The van der Waals surface area contributed by atoms with Crippen molar-refractivity contribution in [1.29, 1.82) is 0 Å². The molecule has 1 aromatic rings. The number of carbonyl (C=O) groups excluding carboxylic acids is 1. The summed E-state index contributed by atoms with van der Waals surface area (Å²) >= 11 is 0. The summed E-state index contributed by atoms with van der Waals surface area (Å²) in [4.78, 5) is 30.1. The summed E-state index contributed by atoms with van der Waals surface area (Å²) < 4.78 is 53.9. The van der Waals surface area contributed by atoms with Gasteiger partial charge in [0.05, 0.1) is 19.8 Å². The first-order valence-corrected chi connectivity index (χ1v) is 10.2. The average molecular weight is 450 g/mol. The van der Waals surface area contributed by atoms with Gasteiger partial charge in [-0.25, -0.2) is 14.2 Å². The van der Waals surface area contributed by atoms with E-state index in [0.29, 0.717) is 25.9 Å². The SMILES string of the molecule is O=C(N1Cc2nccn2CC(CN2CCOCC2)C1)C1(F)CCC1.O=C(O)C(F)(F)F. The summed E-state index contributed by atoms with van der Waals surface area (Å²) in [5, 5.41) is 7.12. The molecular weight excluding hydrogens is 424 g/mol. The summed E-state index contributed by atoms with van der Waals surface area (Å²) in [7, 11) is 0. The zero-order valence-electron chi connectivity index (χ0n) is 17.0. The number of fused-ring (bicyclic) bond motifs is 1. The van der Waals surface area contributed by atoms with Crippen molar-refractivity contribution in [1.82, 2.24) is 19.4 Å². The number of amides is 1. The molecule has 8 nitrogen and oxygen atoms in total. The van der Waals surface area contributed by atoms with E-state index in [1.807, 2.05) is 6.20 Å². The number of ether oxygens (including phenoxy) is 1. The van der Waals surface area contributed by atoms with Crippen LogP contribution in [0.4, 0.5) is 17.6 Å². The summed E-state index contributed by atoms with van der Waals surface area (Å²) in [6, 6.07) is 0. The van der Waals surface area contributed by atoms with Crippen LogP contribution in [0.25, 0.3) is 0 Å². The second-order valence-electron chi connectivity index (χ2n) is 8.08. The van der Waals surface area contributed by atoms with E-state index in [2.05, 4.69) is 14.5 Å². The summed E-state index contributed by atoms with van der Waals surface area (Å²) in [5.74, 6) is -1.95. The first-order valence-electron chi connectivity index (χ1n) is 10.2. The van der Waals surface area contributed by atoms with Crippen molar-refractivity contribution in [2.45, 2.75) is 44.2 Å². The summed E-state index contributed by atoms with van der Waals surface area (Å²) in [6.07, 6.45) is 0.186. The number of hydrogen-bond donors (Lipinski definition) is 1. The minimum absolute atomic E-state index is 0.283. The topological polar surface area (TPSA) is 87.9 Å². The quantitative estimate of drug-likeness (QED) is 0.706. The molecule has 12 heteroatoms. The molecule has 2 fully saturated rings. The highest BCUT2D eigenvalue weighted by molar-refractivity contribution is 5.86. The minimum atomic E-state index is -5.08. The first-order chi connectivity index (χ1) is 14.6. The third-order valence-corrected chi connectivity index (χ3v) is 5.75. The molecule has 1 saturated heterocycles. The summed E-state index contributed by atoms with van der Waals surface area (Å²) in [5.41, 5.74) is -1.63. The lowest BCUT2D eigenvalue weighted by Crippen LogP contribution is -2.51. The van der Waals surface area contributed by atoms with Gasteiger partial charge in [-0.3, -0.25) is 9.69 Å². The maximum Gasteiger partial charge on any atom is 0.490 e. The van der Waals surface area contributed by atoms with Gasteiger partial charge in [0.25, 0.3) is 5.91 Å². The van der Waals surface area contributed by atoms with Crippen LogP contribution in [0.3, 0.4) is 0 Å². The minimum Gasteiger partial charge on any atom is -0.475 e. The normalized spacial score (nSPS) is 23.6. The second kappa shape index (κ2) is 9.51. The molecule has 0 aromatic carbocycles. The van der Waals surface area contributed by atoms with Crippen LogP contribution in [0, 0.1) is 5.92 Å². The molecule has 3 aliphatic rings. The number of rotatable bonds is 3. The molecule has 1 amide bonds. The van der Waals surface area contributed by atoms with Crippen LogP contribution in [0.1, 0.15) is 25.1 Å². The lowest BCUT2D eigenvalue weighted by atomic mass is 9.81. The highest BCUT2D eigenvalue weighted by Crippen LogP contribution is 2.38. The second-order valence-corrected chi connectivity index (χ2v) is 8.08. The fourth-order valence-electron chi connectivity index (χ4n) is 3.94. The van der Waals surface area contributed by atoms with Crippen LogP contribution in [-0.4, -0.2) is 87.6 Å². The molecule has 4 rings (SSSR count). The fraction of sp³-hybridized carbons (Fsp3) is 0.737. The van der Waals surface area contributed by atoms with Crippen LogP contribution in [0.15, 0.2) is 12.4 Å². The smallest absolute Gasteiger partial charge is 0.475 e. The van der Waals surface area contributed by atoms with Crippen molar-refractivity contribution in [2.24, 2.45) is 5.92 Å². The predicted octanol–water partition coefficient (Wildman–Crippen LogP) is 1.70. The van der Waals surface area contributed by atoms with Gasteiger partial charge in [0.1, 0.15) is 5.82 Å². The Morgan fingerprint density at radius 2 is 1.87 bits per heavy atom. The number of aliphatic carboxylic acids is 1. The van der Waals surface area contributed by atoms with Crippen molar-refractivity contribution in [3.63, 3.8) is 0 Å². The molecule has 1 aliphatic carbocycles. The van der Waals surface area contributed by atoms with Gasteiger partial charge >= 0.3 is 12.1 Å². The van der Waals surface area contributed by atoms with Crippen LogP contribution >= 0.6 is 0 Å². The molecule has 3 heterocycles. The van der Waals surface area contributed by atoms with Gasteiger partial charge in [0.15, 0.2) is 5.67 Å². The zero-order valence-corrected chi connectivity index (χ0v) is 17.0. The molecule has 0 radical (unpaired) electrons. The van der Waals surface area contributed by atoms with E-state index in [4.69, 9.17) is 14.6 Å². The highest BCUT2D eigenvalue weighted by Gasteiger charge is 2.47. The number of nitrogens with zero attached hydrogens (tertiary/aromatic N) is 4. The van der Waals surface area contributed by atoms with Crippen molar-refractivity contribution in [3.8, 4) is 0 Å². The number of morpholine rings is 1. The number of carboxylic acids is 1. The molecule has 0 spiro atoms. The molecule has 1 atom stereocenters. The molecule has 1 unspecified atom stereocenters. The number of alkyl halides is 4. The Morgan fingerprint density at radius 1 is 1.23 bits per heavy atom. The van der Waals surface area contributed by atoms with Gasteiger partial charge in [-0.2, -0.15) is 13.2 Å². The van der Waals surface area contributed by atoms with Crippen LogP contribution in [-0.2, 0) is 27.4 Å². The van der Waals surface area contributed by atoms with E-state index < -0.39 is 17.8 Å². The Labute approximate surface area is 176 Å². The maximum atomic E-state index is 14.7. The maximum absolute atomic E-state index is 14.7. The van der Waals surface area contributed by atoms with E-state index in [1.165, 1.54) is 0 Å². The van der Waals surface area contributed by atoms with E-state index in [0.717, 1.165) is 51.6 Å². The van der Waals surface area contributed by atoms with Crippen molar-refractivity contribution in [3.05, 3.63) is 18.2 Å². The van der Waals surface area contributed by atoms with Crippen molar-refractivity contribution >= 4 is 11.9 Å². The third-order valence-electron chi connectivity index (χ3n) is 5.75. The van der Waals surface area contributed by atoms with Gasteiger partial charge in [-0.1, -0.05) is 0 Å². The number of halogens is 4. The van der Waals surface area contributed by atoms with E-state index in [1.54, 1.807) is 11.1 Å². The fourth-order valence-corrected chi connectivity index (χ4v) is 3.94. The van der Waals surface area contributed by atoms with Gasteiger partial charge in [-0.15, -0.1) is 0 Å². The van der Waals surface area contributed by atoms with Crippen LogP contribution in [0.5, 0.6) is 0 Å². The molecular formula is C19H26F4N4O4. The standard InChI is InChI=1S/C17H25FN4O2.C2HF3O2/c18-17(2-1-3-17)16(23)22-12-14(10-20-6-8-24-9-7-20)11-21-5-4-19-15(21)13-22;3-2(4,5)1(6)7/h4-5,14H,1-3,6-13H2;(H,6,7). The van der Waals surface area contributed by atoms with Crippen molar-refractivity contribution < 1.29 is 37.0 Å². The Bertz CT molecular complexity index is 775. The molecule has 1 aromatic heterocycles. The number of aromatic nitrogens is 2. The first kappa shape index (κ1) is 23.5. The number of hydrogen-bond acceptors (Lipinski definition) is 5. The highest BCUT2D eigenvalue weighted by atomic mass is 19.4. The number of imidazole rings is 1.